The minimum Gasteiger partial charge on any atom is -0.457 e. The van der Waals surface area contributed by atoms with E-state index in [0.29, 0.717) is 11.8 Å². The third-order valence-corrected chi connectivity index (χ3v) is 16.2. The standard InChI is InChI=1S/C68H61NO/c1-7-47(50-23-21-49-22-24-51(49)41-50)40-46(4)48-25-31-57(32-26-48)70-58-33-27-52(28-34-58)68(53-38-44(2)37-45(3)39-53)64-20-14-12-18-60(64)62-36-30-56(43-66(62)68)69(54-15-9-8-10-16-54)55-29-35-61-59-17-11-13-19-63(59)67(5,6)65(61)42-55/h8-21,23,25-39,41-43,46-47H,7,22,24,40H2,1-6H3. The Hall–Kier alpha value is -7.42. The molecule has 0 saturated carbocycles. The van der Waals surface area contributed by atoms with Gasteiger partial charge in [-0.15, -0.1) is 0 Å². The summed E-state index contributed by atoms with van der Waals surface area (Å²) in [5.74, 6) is 2.68. The Kier molecular flexibility index (Phi) is 10.8. The van der Waals surface area contributed by atoms with Crippen molar-refractivity contribution in [2.24, 2.45) is 0 Å². The lowest BCUT2D eigenvalue weighted by Crippen LogP contribution is -2.29. The van der Waals surface area contributed by atoms with Crippen molar-refractivity contribution in [3.05, 3.63) is 267 Å². The van der Waals surface area contributed by atoms with Crippen molar-refractivity contribution < 1.29 is 4.74 Å². The largest absolute Gasteiger partial charge is 0.457 e. The van der Waals surface area contributed by atoms with Gasteiger partial charge in [0.2, 0.25) is 0 Å². The molecule has 3 unspecified atom stereocenters. The quantitative estimate of drug-likeness (QED) is 0.121. The third kappa shape index (κ3) is 7.22. The highest BCUT2D eigenvalue weighted by molar-refractivity contribution is 5.91. The minimum absolute atomic E-state index is 0.124. The van der Waals surface area contributed by atoms with Crippen LogP contribution in [0.1, 0.15) is 119 Å². The van der Waals surface area contributed by atoms with Crippen LogP contribution in [0.4, 0.5) is 17.1 Å². The highest BCUT2D eigenvalue weighted by Gasteiger charge is 2.47. The van der Waals surface area contributed by atoms with Gasteiger partial charge in [-0.25, -0.2) is 0 Å². The molecule has 9 aromatic carbocycles. The highest BCUT2D eigenvalue weighted by Crippen LogP contribution is 2.58. The third-order valence-electron chi connectivity index (χ3n) is 16.2. The van der Waals surface area contributed by atoms with Gasteiger partial charge in [0, 0.05) is 22.5 Å². The van der Waals surface area contributed by atoms with Crippen molar-refractivity contribution >= 4 is 17.1 Å². The van der Waals surface area contributed by atoms with Crippen molar-refractivity contribution in [3.63, 3.8) is 0 Å². The molecule has 3 aliphatic carbocycles. The number of aryl methyl sites for hydroxylation is 4. The van der Waals surface area contributed by atoms with Crippen molar-refractivity contribution in [1.29, 1.82) is 0 Å². The van der Waals surface area contributed by atoms with Crippen LogP contribution in [0.25, 0.3) is 22.3 Å². The van der Waals surface area contributed by atoms with Gasteiger partial charge in [-0.2, -0.15) is 0 Å². The molecule has 70 heavy (non-hydrogen) atoms. The molecule has 0 saturated heterocycles. The number of fused-ring (bicyclic) bond motifs is 7. The van der Waals surface area contributed by atoms with E-state index in [4.69, 9.17) is 4.74 Å². The summed E-state index contributed by atoms with van der Waals surface area (Å²) in [7, 11) is 0. The van der Waals surface area contributed by atoms with Gasteiger partial charge >= 0.3 is 0 Å². The Bertz CT molecular complexity index is 3410. The SMILES string of the molecule is CCC(CC(C)c1ccc(Oc2ccc(C3(c4cc(C)cc(C)c4)c4ccccc4-c4ccc(N(c5ccccc5)c5ccc6c(c5)C(C)(C)c5ccccc5-6)cc43)cc2)cc1)c1ccc2c(c1)CC2. The average molecular weight is 908 g/mol. The van der Waals surface area contributed by atoms with E-state index >= 15 is 0 Å². The first-order valence-corrected chi connectivity index (χ1v) is 25.5. The first-order chi connectivity index (χ1) is 34.1. The van der Waals surface area contributed by atoms with Crippen molar-refractivity contribution in [1.82, 2.24) is 0 Å². The molecule has 12 rings (SSSR count). The monoisotopic (exact) mass is 907 g/mol. The number of anilines is 3. The fraction of sp³-hybridized carbons (Fsp3) is 0.206. The molecule has 3 aliphatic rings. The zero-order valence-electron chi connectivity index (χ0n) is 41.4. The lowest BCUT2D eigenvalue weighted by atomic mass is 9.67. The molecule has 0 bridgehead atoms. The lowest BCUT2D eigenvalue weighted by Gasteiger charge is -2.35. The van der Waals surface area contributed by atoms with E-state index in [1.807, 2.05) is 0 Å². The van der Waals surface area contributed by atoms with Crippen LogP contribution < -0.4 is 9.64 Å². The summed E-state index contributed by atoms with van der Waals surface area (Å²) in [5.41, 5.74) is 24.1. The maximum Gasteiger partial charge on any atom is 0.127 e. The average Bonchev–Trinajstić information content (AvgIpc) is 3.79. The topological polar surface area (TPSA) is 12.5 Å². The van der Waals surface area contributed by atoms with Crippen LogP contribution in [0, 0.1) is 13.8 Å². The summed E-state index contributed by atoms with van der Waals surface area (Å²) >= 11 is 0. The second-order valence-corrected chi connectivity index (χ2v) is 20.9. The molecule has 0 amide bonds. The van der Waals surface area contributed by atoms with E-state index in [1.165, 1.54) is 96.3 Å². The number of hydrogen-bond donors (Lipinski definition) is 0. The van der Waals surface area contributed by atoms with Crippen LogP contribution in [0.3, 0.4) is 0 Å². The van der Waals surface area contributed by atoms with Gasteiger partial charge in [0.1, 0.15) is 11.5 Å². The predicted octanol–water partition coefficient (Wildman–Crippen LogP) is 18.0. The molecule has 0 fully saturated rings. The van der Waals surface area contributed by atoms with E-state index in [-0.39, 0.29) is 5.41 Å². The van der Waals surface area contributed by atoms with Crippen LogP contribution in [0.15, 0.2) is 200 Å². The number of rotatable bonds is 12. The summed E-state index contributed by atoms with van der Waals surface area (Å²) in [6, 6.07) is 75.2. The van der Waals surface area contributed by atoms with Crippen LogP contribution in [0.5, 0.6) is 11.5 Å². The maximum absolute atomic E-state index is 6.66. The van der Waals surface area contributed by atoms with Gasteiger partial charge in [0.25, 0.3) is 0 Å². The van der Waals surface area contributed by atoms with Gasteiger partial charge in [-0.05, 0) is 190 Å². The molecule has 344 valence electrons. The van der Waals surface area contributed by atoms with E-state index in [0.717, 1.165) is 41.4 Å². The van der Waals surface area contributed by atoms with E-state index in [9.17, 15) is 0 Å². The van der Waals surface area contributed by atoms with Gasteiger partial charge in [-0.3, -0.25) is 0 Å². The first-order valence-electron chi connectivity index (χ1n) is 25.5. The van der Waals surface area contributed by atoms with Gasteiger partial charge < -0.3 is 9.64 Å². The summed E-state index contributed by atoms with van der Waals surface area (Å²) in [6.07, 6.45) is 4.76. The van der Waals surface area contributed by atoms with E-state index in [2.05, 4.69) is 247 Å². The number of ether oxygens (including phenoxy) is 1. The fourth-order valence-corrected chi connectivity index (χ4v) is 12.6. The second kappa shape index (κ2) is 17.2. The van der Waals surface area contributed by atoms with Crippen LogP contribution in [0.2, 0.25) is 0 Å². The summed E-state index contributed by atoms with van der Waals surface area (Å²) in [4.78, 5) is 2.45. The number of para-hydroxylation sites is 1. The molecular weight excluding hydrogens is 847 g/mol. The van der Waals surface area contributed by atoms with E-state index in [1.54, 1.807) is 5.56 Å². The lowest BCUT2D eigenvalue weighted by molar-refractivity contribution is 0.481. The molecule has 0 aromatic heterocycles. The molecule has 0 heterocycles. The highest BCUT2D eigenvalue weighted by atomic mass is 16.5. The van der Waals surface area contributed by atoms with Crippen molar-refractivity contribution in [2.75, 3.05) is 4.90 Å². The molecule has 9 aromatic rings. The van der Waals surface area contributed by atoms with Crippen LogP contribution in [-0.4, -0.2) is 0 Å². The molecule has 3 atom stereocenters. The van der Waals surface area contributed by atoms with Gasteiger partial charge in [-0.1, -0.05) is 178 Å². The maximum atomic E-state index is 6.66. The van der Waals surface area contributed by atoms with Gasteiger partial charge in [0.15, 0.2) is 0 Å². The number of nitrogens with zero attached hydrogens (tertiary/aromatic N) is 1. The Balaban J connectivity index is 0.921. The summed E-state index contributed by atoms with van der Waals surface area (Å²) in [5, 5.41) is 0. The summed E-state index contributed by atoms with van der Waals surface area (Å²) in [6.45, 7) is 13.9. The molecule has 0 aliphatic heterocycles. The van der Waals surface area contributed by atoms with E-state index < -0.39 is 5.41 Å². The Morgan fingerprint density at radius 3 is 1.67 bits per heavy atom. The normalized spacial score (nSPS) is 16.5. The molecule has 2 nitrogen and oxygen atoms in total. The van der Waals surface area contributed by atoms with Crippen molar-refractivity contribution in [2.45, 2.75) is 89.9 Å². The molecule has 2 heteroatoms. The first kappa shape index (κ1) is 43.8. The summed E-state index contributed by atoms with van der Waals surface area (Å²) < 4.78 is 6.66. The smallest absolute Gasteiger partial charge is 0.127 e. The van der Waals surface area contributed by atoms with Crippen LogP contribution >= 0.6 is 0 Å². The Morgan fingerprint density at radius 1 is 0.471 bits per heavy atom. The van der Waals surface area contributed by atoms with Crippen LogP contribution in [-0.2, 0) is 23.7 Å². The number of benzene rings is 9. The molecule has 0 N–H and O–H groups in total. The van der Waals surface area contributed by atoms with Crippen molar-refractivity contribution in [3.8, 4) is 33.8 Å². The Morgan fingerprint density at radius 2 is 1.03 bits per heavy atom. The molecular formula is C68H61NO. The minimum atomic E-state index is -0.601. The molecule has 0 radical (unpaired) electrons. The Labute approximate surface area is 415 Å². The zero-order chi connectivity index (χ0) is 47.7. The zero-order valence-corrected chi connectivity index (χ0v) is 41.4. The second-order valence-electron chi connectivity index (χ2n) is 20.9. The molecule has 0 spiro atoms. The predicted molar refractivity (Wildman–Crippen MR) is 292 cm³/mol. The van der Waals surface area contributed by atoms with Gasteiger partial charge in [0.05, 0.1) is 5.41 Å². The fourth-order valence-electron chi connectivity index (χ4n) is 12.6. The number of hydrogen-bond acceptors (Lipinski definition) is 2.